The maximum Gasteiger partial charge on any atom is 0.0601 e. The van der Waals surface area contributed by atoms with Crippen molar-refractivity contribution in [2.75, 3.05) is 7.05 Å². The van der Waals surface area contributed by atoms with E-state index in [4.69, 9.17) is 0 Å². The second-order valence-electron chi connectivity index (χ2n) is 6.07. The first-order valence-corrected chi connectivity index (χ1v) is 9.15. The molecular formula is C24H31N3. The molecular weight excluding hydrogens is 330 g/mol. The van der Waals surface area contributed by atoms with E-state index in [1.807, 2.05) is 57.5 Å². The molecule has 0 saturated heterocycles. The summed E-state index contributed by atoms with van der Waals surface area (Å²) in [6.45, 7) is 16.0. The van der Waals surface area contributed by atoms with E-state index >= 15 is 0 Å². The van der Waals surface area contributed by atoms with Gasteiger partial charge in [-0.2, -0.15) is 0 Å². The molecule has 0 aliphatic carbocycles. The van der Waals surface area contributed by atoms with Crippen molar-refractivity contribution in [2.24, 2.45) is 9.98 Å². The van der Waals surface area contributed by atoms with E-state index in [9.17, 15) is 0 Å². The van der Waals surface area contributed by atoms with Crippen LogP contribution in [0.5, 0.6) is 0 Å². The number of aliphatic imine (C=N–C) groups is 2. The van der Waals surface area contributed by atoms with Crippen molar-refractivity contribution < 1.29 is 0 Å². The van der Waals surface area contributed by atoms with Gasteiger partial charge in [0.1, 0.15) is 0 Å². The maximum atomic E-state index is 4.60. The average molecular weight is 362 g/mol. The minimum Gasteiger partial charge on any atom is -0.358 e. The van der Waals surface area contributed by atoms with E-state index in [0.29, 0.717) is 0 Å². The summed E-state index contributed by atoms with van der Waals surface area (Å²) in [5.74, 6) is 0. The second-order valence-corrected chi connectivity index (χ2v) is 6.07. The van der Waals surface area contributed by atoms with Gasteiger partial charge in [-0.25, -0.2) is 0 Å². The molecule has 1 aromatic carbocycles. The van der Waals surface area contributed by atoms with Crippen LogP contribution in [0.4, 0.5) is 0 Å². The summed E-state index contributed by atoms with van der Waals surface area (Å²) in [6.07, 6.45) is 10.5. The number of hydrogen-bond acceptors (Lipinski definition) is 3. The summed E-state index contributed by atoms with van der Waals surface area (Å²) in [6, 6.07) is 8.18. The molecule has 1 rings (SSSR count). The second kappa shape index (κ2) is 11.6. The molecule has 0 fully saturated rings. The Morgan fingerprint density at radius 1 is 1.22 bits per heavy atom. The van der Waals surface area contributed by atoms with Gasteiger partial charge in [-0.05, 0) is 43.6 Å². The van der Waals surface area contributed by atoms with E-state index in [2.05, 4.69) is 47.5 Å². The van der Waals surface area contributed by atoms with Gasteiger partial charge in [-0.3, -0.25) is 9.98 Å². The molecule has 27 heavy (non-hydrogen) atoms. The molecule has 1 aromatic rings. The summed E-state index contributed by atoms with van der Waals surface area (Å²) in [7, 11) is 1.78. The fourth-order valence-corrected chi connectivity index (χ4v) is 2.60. The van der Waals surface area contributed by atoms with E-state index < -0.39 is 0 Å². The number of nitrogens with zero attached hydrogens (tertiary/aromatic N) is 2. The predicted octanol–water partition coefficient (Wildman–Crippen LogP) is 4.29. The normalized spacial score (nSPS) is 15.1. The van der Waals surface area contributed by atoms with Crippen LogP contribution in [-0.4, -0.2) is 19.0 Å². The van der Waals surface area contributed by atoms with E-state index in [1.165, 1.54) is 0 Å². The van der Waals surface area contributed by atoms with E-state index in [0.717, 1.165) is 45.1 Å². The molecule has 0 aliphatic rings. The van der Waals surface area contributed by atoms with Gasteiger partial charge in [0.25, 0.3) is 0 Å². The largest absolute Gasteiger partial charge is 0.358 e. The molecule has 0 saturated carbocycles. The van der Waals surface area contributed by atoms with Crippen LogP contribution in [-0.2, 0) is 0 Å². The lowest BCUT2D eigenvalue weighted by molar-refractivity contribution is 1.11. The quantitative estimate of drug-likeness (QED) is 0.544. The molecule has 0 spiro atoms. The number of hydrogen-bond donors (Lipinski definition) is 1. The first-order chi connectivity index (χ1) is 13.0. The van der Waals surface area contributed by atoms with E-state index in [1.54, 1.807) is 13.1 Å². The summed E-state index contributed by atoms with van der Waals surface area (Å²) < 4.78 is 0. The third-order valence-corrected chi connectivity index (χ3v) is 4.18. The van der Waals surface area contributed by atoms with Gasteiger partial charge in [0, 0.05) is 30.4 Å². The fourth-order valence-electron chi connectivity index (χ4n) is 2.60. The minimum absolute atomic E-state index is 0.777. The third-order valence-electron chi connectivity index (χ3n) is 4.18. The Kier molecular flexibility index (Phi) is 9.52. The average Bonchev–Trinajstić information content (AvgIpc) is 2.67. The molecule has 0 aliphatic heterocycles. The van der Waals surface area contributed by atoms with Crippen molar-refractivity contribution in [3.8, 4) is 0 Å². The molecule has 1 N–H and O–H groups in total. The van der Waals surface area contributed by atoms with Gasteiger partial charge in [0.2, 0.25) is 0 Å². The fraction of sp³-hybridized carbons (Fsp3) is 0.250. The van der Waals surface area contributed by atoms with Gasteiger partial charge in [0.15, 0.2) is 0 Å². The molecule has 0 aromatic heterocycles. The third kappa shape index (κ3) is 6.70. The van der Waals surface area contributed by atoms with Crippen molar-refractivity contribution in [1.82, 2.24) is 5.32 Å². The smallest absolute Gasteiger partial charge is 0.0601 e. The maximum absolute atomic E-state index is 4.60. The summed E-state index contributed by atoms with van der Waals surface area (Å²) in [4.78, 5) is 8.71. The monoisotopic (exact) mass is 361 g/mol. The van der Waals surface area contributed by atoms with Crippen LogP contribution in [0.1, 0.15) is 34.1 Å². The SMILES string of the molecule is C=C/C=c1/cccc/c1=C(/C)NC(=C)C(C)=N/C=C(CC)/C(C=NC)=C/C. The molecule has 0 atom stereocenters. The van der Waals surface area contributed by atoms with Gasteiger partial charge in [-0.15, -0.1) is 0 Å². The van der Waals surface area contributed by atoms with E-state index in [-0.39, 0.29) is 0 Å². The van der Waals surface area contributed by atoms with Crippen LogP contribution in [0.2, 0.25) is 0 Å². The summed E-state index contributed by atoms with van der Waals surface area (Å²) in [5.41, 5.74) is 4.87. The Balaban J connectivity index is 3.15. The number of benzene rings is 1. The number of rotatable bonds is 8. The lowest BCUT2D eigenvalue weighted by Crippen LogP contribution is -2.31. The topological polar surface area (TPSA) is 36.8 Å². The lowest BCUT2D eigenvalue weighted by Gasteiger charge is -2.10. The highest BCUT2D eigenvalue weighted by molar-refractivity contribution is 5.98. The first-order valence-electron chi connectivity index (χ1n) is 9.15. The van der Waals surface area contributed by atoms with Crippen molar-refractivity contribution in [3.05, 3.63) is 83.1 Å². The first kappa shape index (κ1) is 22.1. The van der Waals surface area contributed by atoms with Crippen LogP contribution in [0.25, 0.3) is 11.8 Å². The minimum atomic E-state index is 0.777. The molecule has 0 radical (unpaired) electrons. The Bertz CT molecular complexity index is 909. The number of allylic oxidation sites excluding steroid dienone is 5. The molecule has 142 valence electrons. The Morgan fingerprint density at radius 2 is 1.93 bits per heavy atom. The van der Waals surface area contributed by atoms with Gasteiger partial charge in [0.05, 0.1) is 11.4 Å². The Hall–Kier alpha value is -2.94. The summed E-state index contributed by atoms with van der Waals surface area (Å²) in [5, 5.41) is 5.60. The van der Waals surface area contributed by atoms with Crippen LogP contribution in [0.15, 0.2) is 82.6 Å². The van der Waals surface area contributed by atoms with Crippen LogP contribution in [0.3, 0.4) is 0 Å². The van der Waals surface area contributed by atoms with Gasteiger partial charge >= 0.3 is 0 Å². The highest BCUT2D eigenvalue weighted by atomic mass is 14.9. The summed E-state index contributed by atoms with van der Waals surface area (Å²) >= 11 is 0. The molecule has 3 nitrogen and oxygen atoms in total. The molecule has 0 unspecified atom stereocenters. The Labute approximate surface area is 163 Å². The van der Waals surface area contributed by atoms with Crippen molar-refractivity contribution in [1.29, 1.82) is 0 Å². The predicted molar refractivity (Wildman–Crippen MR) is 121 cm³/mol. The highest BCUT2D eigenvalue weighted by Crippen LogP contribution is 2.12. The van der Waals surface area contributed by atoms with Crippen molar-refractivity contribution >= 4 is 23.7 Å². The lowest BCUT2D eigenvalue weighted by atomic mass is 10.1. The zero-order valence-corrected chi connectivity index (χ0v) is 17.2. The van der Waals surface area contributed by atoms with Crippen LogP contribution in [0, 0.1) is 0 Å². The standard InChI is InChI=1S/C24H31N3/c1-8-13-23-14-11-12-15-24(23)20(6)27-19(5)18(4)26-17-22(10-3)21(9-2)16-25-7/h8-9,11-17,27H,1,5,10H2,2-4,6-7H3/b21-9+,22-17+,23-13-,24-20+,25-16?,26-18?. The van der Waals surface area contributed by atoms with Gasteiger partial charge < -0.3 is 5.32 Å². The molecule has 0 bridgehead atoms. The van der Waals surface area contributed by atoms with Crippen LogP contribution >= 0.6 is 0 Å². The Morgan fingerprint density at radius 3 is 2.52 bits per heavy atom. The van der Waals surface area contributed by atoms with Crippen molar-refractivity contribution in [3.63, 3.8) is 0 Å². The molecule has 0 heterocycles. The van der Waals surface area contributed by atoms with Gasteiger partial charge in [-0.1, -0.05) is 62.6 Å². The molecule has 3 heteroatoms. The zero-order chi connectivity index (χ0) is 20.2. The molecule has 0 amide bonds. The zero-order valence-electron chi connectivity index (χ0n) is 17.2. The van der Waals surface area contributed by atoms with Crippen LogP contribution < -0.4 is 15.8 Å². The van der Waals surface area contributed by atoms with Crippen molar-refractivity contribution in [2.45, 2.75) is 34.1 Å². The number of nitrogens with one attached hydrogen (secondary N) is 1. The highest BCUT2D eigenvalue weighted by Gasteiger charge is 2.02.